The molecule has 0 radical (unpaired) electrons. The van der Waals surface area contributed by atoms with Crippen molar-refractivity contribution in [3.8, 4) is 11.3 Å². The van der Waals surface area contributed by atoms with Gasteiger partial charge in [-0.3, -0.25) is 14.7 Å². The minimum absolute atomic E-state index is 0.288. The Hall–Kier alpha value is -3.66. The van der Waals surface area contributed by atoms with E-state index in [-0.39, 0.29) is 17.3 Å². The quantitative estimate of drug-likeness (QED) is 0.343. The summed E-state index contributed by atoms with van der Waals surface area (Å²) in [4.78, 5) is 26.2. The Labute approximate surface area is 220 Å². The van der Waals surface area contributed by atoms with Crippen LogP contribution in [0.2, 0.25) is 0 Å². The predicted molar refractivity (Wildman–Crippen MR) is 147 cm³/mol. The van der Waals surface area contributed by atoms with Crippen molar-refractivity contribution in [3.63, 3.8) is 0 Å². The van der Waals surface area contributed by atoms with Crippen molar-refractivity contribution in [1.82, 2.24) is 19.8 Å². The Bertz CT molecular complexity index is 1380. The molecule has 5 rings (SSSR count). The summed E-state index contributed by atoms with van der Waals surface area (Å²) < 4.78 is 14.8. The molecule has 0 saturated carbocycles. The molecule has 1 fully saturated rings. The molecule has 3 heterocycles. The van der Waals surface area contributed by atoms with E-state index < -0.39 is 0 Å². The number of pyridine rings is 1. The van der Waals surface area contributed by atoms with E-state index in [4.69, 9.17) is 0 Å². The Morgan fingerprint density at radius 2 is 1.95 bits per heavy atom. The predicted octanol–water partition coefficient (Wildman–Crippen LogP) is 5.40. The number of nitrogens with zero attached hydrogens (tertiary/aromatic N) is 4. The monoisotopic (exact) mass is 516 g/mol. The lowest BCUT2D eigenvalue weighted by molar-refractivity contribution is 0.102. The number of likely N-dealkylation sites (N-methyl/N-ethyl adjacent to an activating group) is 1. The molecule has 1 aliphatic heterocycles. The molecule has 190 valence electrons. The number of aryl methyl sites for hydroxylation is 1. The number of carbonyl (C=O) groups excluding carboxylic acids is 1. The molecule has 1 aliphatic rings. The topological polar surface area (TPSA) is 73.4 Å². The maximum atomic E-state index is 14.8. The lowest BCUT2D eigenvalue weighted by Gasteiger charge is -2.32. The molecule has 7 nitrogen and oxygen atoms in total. The van der Waals surface area contributed by atoms with Crippen molar-refractivity contribution in [3.05, 3.63) is 88.8 Å². The highest BCUT2D eigenvalue weighted by atomic mass is 32.1. The van der Waals surface area contributed by atoms with E-state index in [9.17, 15) is 9.18 Å². The summed E-state index contributed by atoms with van der Waals surface area (Å²) in [5.74, 6) is -0.709. The highest BCUT2D eigenvalue weighted by Crippen LogP contribution is 2.29. The molecule has 0 spiro atoms. The first-order chi connectivity index (χ1) is 17.9. The zero-order valence-corrected chi connectivity index (χ0v) is 21.7. The van der Waals surface area contributed by atoms with Crippen LogP contribution < -0.4 is 10.6 Å². The van der Waals surface area contributed by atoms with Crippen molar-refractivity contribution in [2.75, 3.05) is 43.9 Å². The standard InChI is InChI=1S/C28H29FN6OS/c1-19-5-8-23(15-25(19)32-28-33-26(18-37-28)21-4-3-9-30-16-21)31-27(36)20-6-7-22(24(29)14-20)17-35-12-10-34(2)11-13-35/h3-9,14-16,18H,10-13,17H2,1-2H3,(H,31,36)(H,32,33). The molecule has 1 amide bonds. The first-order valence-corrected chi connectivity index (χ1v) is 13.1. The maximum Gasteiger partial charge on any atom is 0.255 e. The summed E-state index contributed by atoms with van der Waals surface area (Å²) in [6.07, 6.45) is 3.51. The van der Waals surface area contributed by atoms with Crippen molar-refractivity contribution < 1.29 is 9.18 Å². The maximum absolute atomic E-state index is 14.8. The number of thiazole rings is 1. The van der Waals surface area contributed by atoms with Gasteiger partial charge in [0, 0.05) is 78.6 Å². The number of piperazine rings is 1. The van der Waals surface area contributed by atoms with Crippen LogP contribution in [-0.4, -0.2) is 58.9 Å². The van der Waals surface area contributed by atoms with Gasteiger partial charge in [0.05, 0.1) is 5.69 Å². The van der Waals surface area contributed by atoms with Crippen LogP contribution in [0.25, 0.3) is 11.3 Å². The molecule has 9 heteroatoms. The largest absolute Gasteiger partial charge is 0.331 e. The third-order valence-corrected chi connectivity index (χ3v) is 7.26. The van der Waals surface area contributed by atoms with E-state index >= 15 is 0 Å². The molecule has 2 aromatic carbocycles. The van der Waals surface area contributed by atoms with Gasteiger partial charge in [0.1, 0.15) is 5.82 Å². The lowest BCUT2D eigenvalue weighted by atomic mass is 10.1. The second-order valence-electron chi connectivity index (χ2n) is 9.27. The van der Waals surface area contributed by atoms with Crippen LogP contribution >= 0.6 is 11.3 Å². The number of hydrogen-bond donors (Lipinski definition) is 2. The Morgan fingerprint density at radius 1 is 1.11 bits per heavy atom. The fourth-order valence-electron chi connectivity index (χ4n) is 4.19. The van der Waals surface area contributed by atoms with Crippen molar-refractivity contribution in [2.24, 2.45) is 0 Å². The molecule has 0 atom stereocenters. The van der Waals surface area contributed by atoms with E-state index in [1.807, 2.05) is 42.6 Å². The lowest BCUT2D eigenvalue weighted by Crippen LogP contribution is -2.44. The summed E-state index contributed by atoms with van der Waals surface area (Å²) >= 11 is 1.50. The van der Waals surface area contributed by atoms with Gasteiger partial charge in [-0.1, -0.05) is 12.1 Å². The van der Waals surface area contributed by atoms with E-state index in [1.54, 1.807) is 24.5 Å². The number of benzene rings is 2. The molecule has 2 aromatic heterocycles. The van der Waals surface area contributed by atoms with Crippen LogP contribution in [0.4, 0.5) is 20.9 Å². The van der Waals surface area contributed by atoms with Gasteiger partial charge in [0.25, 0.3) is 5.91 Å². The number of anilines is 3. The second-order valence-corrected chi connectivity index (χ2v) is 10.1. The third-order valence-electron chi connectivity index (χ3n) is 6.50. The smallest absolute Gasteiger partial charge is 0.255 e. The zero-order chi connectivity index (χ0) is 25.8. The Kier molecular flexibility index (Phi) is 7.55. The van der Waals surface area contributed by atoms with Crippen LogP contribution in [-0.2, 0) is 6.54 Å². The van der Waals surface area contributed by atoms with E-state index in [1.165, 1.54) is 17.4 Å². The third kappa shape index (κ3) is 6.19. The van der Waals surface area contributed by atoms with Crippen LogP contribution in [0, 0.1) is 12.7 Å². The van der Waals surface area contributed by atoms with Crippen LogP contribution in [0.3, 0.4) is 0 Å². The summed E-state index contributed by atoms with van der Waals surface area (Å²) in [5.41, 5.74) is 5.15. The zero-order valence-electron chi connectivity index (χ0n) is 20.9. The van der Waals surface area contributed by atoms with Gasteiger partial charge in [-0.2, -0.15) is 0 Å². The van der Waals surface area contributed by atoms with E-state index in [0.717, 1.165) is 53.8 Å². The van der Waals surface area contributed by atoms with Crippen molar-refractivity contribution >= 4 is 33.8 Å². The number of carbonyl (C=O) groups is 1. The molecule has 0 bridgehead atoms. The van der Waals surface area contributed by atoms with E-state index in [0.29, 0.717) is 17.8 Å². The van der Waals surface area contributed by atoms with Crippen molar-refractivity contribution in [1.29, 1.82) is 0 Å². The molecule has 4 aromatic rings. The number of aromatic nitrogens is 2. The van der Waals surface area contributed by atoms with Crippen LogP contribution in [0.1, 0.15) is 21.5 Å². The minimum atomic E-state index is -0.356. The number of halogens is 1. The van der Waals surface area contributed by atoms with Crippen molar-refractivity contribution in [2.45, 2.75) is 13.5 Å². The highest BCUT2D eigenvalue weighted by molar-refractivity contribution is 7.14. The van der Waals surface area contributed by atoms with Gasteiger partial charge in [-0.25, -0.2) is 9.37 Å². The Morgan fingerprint density at radius 3 is 2.70 bits per heavy atom. The number of amides is 1. The van der Waals surface area contributed by atoms with Gasteiger partial charge in [0.15, 0.2) is 5.13 Å². The minimum Gasteiger partial charge on any atom is -0.331 e. The average molecular weight is 517 g/mol. The summed E-state index contributed by atoms with van der Waals surface area (Å²) in [6.45, 7) is 6.31. The van der Waals surface area contributed by atoms with Gasteiger partial charge >= 0.3 is 0 Å². The van der Waals surface area contributed by atoms with Gasteiger partial charge < -0.3 is 15.5 Å². The number of nitrogens with one attached hydrogen (secondary N) is 2. The SMILES string of the molecule is Cc1ccc(NC(=O)c2ccc(CN3CCN(C)CC3)c(F)c2)cc1Nc1nc(-c2cccnc2)cs1. The summed E-state index contributed by atoms with van der Waals surface area (Å²) in [6, 6.07) is 14.2. The fraction of sp³-hybridized carbons (Fsp3) is 0.250. The normalized spacial score (nSPS) is 14.5. The first kappa shape index (κ1) is 25.0. The first-order valence-electron chi connectivity index (χ1n) is 12.2. The van der Waals surface area contributed by atoms with Crippen LogP contribution in [0.5, 0.6) is 0 Å². The second kappa shape index (κ2) is 11.2. The summed E-state index contributed by atoms with van der Waals surface area (Å²) in [5, 5.41) is 8.94. The number of rotatable bonds is 7. The fourth-order valence-corrected chi connectivity index (χ4v) is 4.93. The van der Waals surface area contributed by atoms with Gasteiger partial charge in [-0.15, -0.1) is 11.3 Å². The molecule has 37 heavy (non-hydrogen) atoms. The molecular formula is C28H29FN6OS. The summed E-state index contributed by atoms with van der Waals surface area (Å²) in [7, 11) is 2.09. The average Bonchev–Trinajstić information content (AvgIpc) is 3.37. The molecule has 0 unspecified atom stereocenters. The van der Waals surface area contributed by atoms with Gasteiger partial charge in [0.2, 0.25) is 0 Å². The van der Waals surface area contributed by atoms with Gasteiger partial charge in [-0.05, 0) is 55.9 Å². The van der Waals surface area contributed by atoms with E-state index in [2.05, 4.69) is 37.4 Å². The molecular weight excluding hydrogens is 487 g/mol. The molecule has 0 aliphatic carbocycles. The Balaban J connectivity index is 1.24. The highest BCUT2D eigenvalue weighted by Gasteiger charge is 2.17. The molecule has 2 N–H and O–H groups in total. The number of hydrogen-bond acceptors (Lipinski definition) is 7. The molecule has 1 saturated heterocycles. The van der Waals surface area contributed by atoms with Crippen LogP contribution in [0.15, 0.2) is 66.3 Å².